The summed E-state index contributed by atoms with van der Waals surface area (Å²) in [5.41, 5.74) is 0. The Kier molecular flexibility index (Phi) is 5.24. The molecule has 0 amide bonds. The number of thiophene rings is 1. The van der Waals surface area contributed by atoms with Crippen LogP contribution < -0.4 is 5.32 Å². The monoisotopic (exact) mass is 253 g/mol. The number of alkyl halides is 3. The summed E-state index contributed by atoms with van der Waals surface area (Å²) in [5.74, 6) is 0. The first kappa shape index (κ1) is 13.5. The van der Waals surface area contributed by atoms with Crippen LogP contribution in [0.1, 0.15) is 17.8 Å². The van der Waals surface area contributed by atoms with Crippen LogP contribution >= 0.6 is 11.3 Å². The van der Waals surface area contributed by atoms with Gasteiger partial charge in [0.25, 0.3) is 0 Å². The molecule has 16 heavy (non-hydrogen) atoms. The average molecular weight is 253 g/mol. The summed E-state index contributed by atoms with van der Waals surface area (Å²) >= 11 is 1.62. The molecule has 1 rings (SSSR count). The zero-order valence-corrected chi connectivity index (χ0v) is 9.70. The van der Waals surface area contributed by atoms with Crippen molar-refractivity contribution in [1.29, 1.82) is 0 Å². The van der Waals surface area contributed by atoms with Crippen LogP contribution in [0.5, 0.6) is 0 Å². The van der Waals surface area contributed by atoms with E-state index in [0.717, 1.165) is 4.88 Å². The molecule has 0 fully saturated rings. The Morgan fingerprint density at radius 1 is 1.50 bits per heavy atom. The molecular formula is C10H14F3NOS. The van der Waals surface area contributed by atoms with Gasteiger partial charge in [0.2, 0.25) is 0 Å². The first-order valence-electron chi connectivity index (χ1n) is 4.90. The quantitative estimate of drug-likeness (QED) is 0.787. The van der Waals surface area contributed by atoms with E-state index in [1.807, 2.05) is 24.4 Å². The number of halogens is 3. The second kappa shape index (κ2) is 6.22. The van der Waals surface area contributed by atoms with Gasteiger partial charge in [-0.2, -0.15) is 13.2 Å². The Hall–Kier alpha value is -0.590. The van der Waals surface area contributed by atoms with Crippen LogP contribution in [-0.4, -0.2) is 25.9 Å². The molecule has 92 valence electrons. The maximum absolute atomic E-state index is 11.7. The van der Waals surface area contributed by atoms with Crippen molar-refractivity contribution < 1.29 is 17.9 Å². The normalized spacial score (nSPS) is 14.0. The van der Waals surface area contributed by atoms with Gasteiger partial charge in [0, 0.05) is 17.5 Å². The van der Waals surface area contributed by atoms with Crippen molar-refractivity contribution in [3.8, 4) is 0 Å². The largest absolute Gasteiger partial charge is 0.411 e. The molecule has 0 aliphatic carbocycles. The van der Waals surface area contributed by atoms with Crippen LogP contribution in [0.2, 0.25) is 0 Å². The molecule has 0 saturated carbocycles. The van der Waals surface area contributed by atoms with Crippen LogP contribution in [0.15, 0.2) is 17.5 Å². The lowest BCUT2D eigenvalue weighted by molar-refractivity contribution is -0.173. The summed E-state index contributed by atoms with van der Waals surface area (Å²) in [7, 11) is 0. The summed E-state index contributed by atoms with van der Waals surface area (Å²) in [4.78, 5) is 1.16. The van der Waals surface area contributed by atoms with E-state index in [1.54, 1.807) is 11.3 Å². The average Bonchev–Trinajstić information content (AvgIpc) is 2.67. The minimum atomic E-state index is -4.24. The fourth-order valence-corrected chi connectivity index (χ4v) is 1.93. The maximum atomic E-state index is 11.7. The van der Waals surface area contributed by atoms with E-state index >= 15 is 0 Å². The van der Waals surface area contributed by atoms with Crippen molar-refractivity contribution in [3.63, 3.8) is 0 Å². The third kappa shape index (κ3) is 5.48. The minimum Gasteiger partial charge on any atom is -0.371 e. The van der Waals surface area contributed by atoms with Crippen molar-refractivity contribution >= 4 is 11.3 Å². The summed E-state index contributed by atoms with van der Waals surface area (Å²) in [6.45, 7) is 1.27. The molecule has 1 heterocycles. The van der Waals surface area contributed by atoms with Gasteiger partial charge in [-0.3, -0.25) is 0 Å². The van der Waals surface area contributed by atoms with Crippen molar-refractivity contribution in [2.45, 2.75) is 19.1 Å². The van der Waals surface area contributed by atoms with Gasteiger partial charge in [-0.15, -0.1) is 11.3 Å². The number of nitrogens with one attached hydrogen (secondary N) is 1. The molecule has 1 atom stereocenters. The lowest BCUT2D eigenvalue weighted by atomic mass is 10.3. The fraction of sp³-hybridized carbons (Fsp3) is 0.600. The molecule has 1 N–H and O–H groups in total. The Labute approximate surface area is 96.4 Å². The van der Waals surface area contributed by atoms with Gasteiger partial charge in [-0.1, -0.05) is 6.07 Å². The van der Waals surface area contributed by atoms with E-state index in [9.17, 15) is 13.2 Å². The summed E-state index contributed by atoms with van der Waals surface area (Å²) in [6.07, 6.45) is -4.24. The highest BCUT2D eigenvalue weighted by Gasteiger charge is 2.27. The van der Waals surface area contributed by atoms with Crippen LogP contribution in [0.4, 0.5) is 13.2 Å². The molecule has 0 spiro atoms. The third-order valence-corrected chi connectivity index (χ3v) is 2.99. The van der Waals surface area contributed by atoms with Gasteiger partial charge in [0.15, 0.2) is 0 Å². The molecule has 2 nitrogen and oxygen atoms in total. The number of hydrogen-bond donors (Lipinski definition) is 1. The Morgan fingerprint density at radius 3 is 2.81 bits per heavy atom. The number of hydrogen-bond acceptors (Lipinski definition) is 3. The first-order chi connectivity index (χ1) is 7.49. The molecule has 0 aromatic carbocycles. The highest BCUT2D eigenvalue weighted by atomic mass is 32.1. The second-order valence-corrected chi connectivity index (χ2v) is 4.34. The second-order valence-electron chi connectivity index (χ2n) is 3.36. The highest BCUT2D eigenvalue weighted by Crippen LogP contribution is 2.17. The summed E-state index contributed by atoms with van der Waals surface area (Å²) < 4.78 is 39.6. The molecule has 0 unspecified atom stereocenters. The fourth-order valence-electron chi connectivity index (χ4n) is 1.17. The van der Waals surface area contributed by atoms with Gasteiger partial charge < -0.3 is 10.1 Å². The van der Waals surface area contributed by atoms with Gasteiger partial charge in [0.1, 0.15) is 6.61 Å². The first-order valence-corrected chi connectivity index (χ1v) is 5.78. The minimum absolute atomic E-state index is 0.0647. The number of rotatable bonds is 6. The van der Waals surface area contributed by atoms with Crippen molar-refractivity contribution in [2.75, 3.05) is 19.8 Å². The zero-order valence-electron chi connectivity index (χ0n) is 8.88. The van der Waals surface area contributed by atoms with Gasteiger partial charge >= 0.3 is 6.18 Å². The van der Waals surface area contributed by atoms with Crippen molar-refractivity contribution in [2.24, 2.45) is 0 Å². The zero-order chi connectivity index (χ0) is 12.0. The maximum Gasteiger partial charge on any atom is 0.411 e. The molecule has 1 aromatic heterocycles. The Balaban J connectivity index is 2.08. The molecule has 0 aliphatic rings. The van der Waals surface area contributed by atoms with E-state index in [-0.39, 0.29) is 12.6 Å². The lowest BCUT2D eigenvalue weighted by Gasteiger charge is -2.12. The topological polar surface area (TPSA) is 21.3 Å². The van der Waals surface area contributed by atoms with E-state index in [2.05, 4.69) is 10.1 Å². The Bertz CT molecular complexity index is 287. The van der Waals surface area contributed by atoms with Crippen LogP contribution in [0.25, 0.3) is 0 Å². The van der Waals surface area contributed by atoms with Gasteiger partial charge in [-0.05, 0) is 18.4 Å². The molecular weight excluding hydrogens is 239 g/mol. The molecule has 0 bridgehead atoms. The van der Waals surface area contributed by atoms with Crippen molar-refractivity contribution in [3.05, 3.63) is 22.4 Å². The predicted molar refractivity (Wildman–Crippen MR) is 57.6 cm³/mol. The van der Waals surface area contributed by atoms with Crippen LogP contribution in [0, 0.1) is 0 Å². The molecule has 1 aromatic rings. The molecule has 6 heteroatoms. The van der Waals surface area contributed by atoms with Gasteiger partial charge in [0.05, 0.1) is 6.61 Å². The SMILES string of the molecule is C[C@@H](NCCOCC(F)(F)F)c1cccs1. The van der Waals surface area contributed by atoms with Crippen LogP contribution in [0.3, 0.4) is 0 Å². The predicted octanol–water partition coefficient (Wildman–Crippen LogP) is 2.98. The standard InChI is InChI=1S/C10H14F3NOS/c1-8(9-3-2-6-16-9)14-4-5-15-7-10(11,12)13/h2-3,6,8,14H,4-5,7H2,1H3/t8-/m1/s1. The summed E-state index contributed by atoms with van der Waals surface area (Å²) in [6, 6.07) is 4.08. The molecule has 0 radical (unpaired) electrons. The number of ether oxygens (including phenoxy) is 1. The van der Waals surface area contributed by atoms with Crippen molar-refractivity contribution in [1.82, 2.24) is 5.32 Å². The van der Waals surface area contributed by atoms with E-state index in [1.165, 1.54) is 0 Å². The lowest BCUT2D eigenvalue weighted by Crippen LogP contribution is -2.25. The van der Waals surface area contributed by atoms with E-state index in [0.29, 0.717) is 6.54 Å². The highest BCUT2D eigenvalue weighted by molar-refractivity contribution is 7.10. The smallest absolute Gasteiger partial charge is 0.371 e. The summed E-state index contributed by atoms with van der Waals surface area (Å²) in [5, 5.41) is 5.06. The molecule has 0 aliphatic heterocycles. The van der Waals surface area contributed by atoms with Crippen LogP contribution in [-0.2, 0) is 4.74 Å². The third-order valence-electron chi connectivity index (χ3n) is 1.93. The van der Waals surface area contributed by atoms with E-state index < -0.39 is 12.8 Å². The van der Waals surface area contributed by atoms with E-state index in [4.69, 9.17) is 0 Å². The van der Waals surface area contributed by atoms with Gasteiger partial charge in [-0.25, -0.2) is 0 Å². The Morgan fingerprint density at radius 2 is 2.25 bits per heavy atom. The molecule has 0 saturated heterocycles.